The molecule has 0 amide bonds. The van der Waals surface area contributed by atoms with Gasteiger partial charge < -0.3 is 9.47 Å². The lowest BCUT2D eigenvalue weighted by atomic mass is 10.2. The van der Waals surface area contributed by atoms with Crippen LogP contribution in [0.3, 0.4) is 0 Å². The van der Waals surface area contributed by atoms with Crippen LogP contribution in [0.1, 0.15) is 5.56 Å². The van der Waals surface area contributed by atoms with Crippen molar-refractivity contribution in [2.75, 3.05) is 27.8 Å². The third kappa shape index (κ3) is 4.54. The van der Waals surface area contributed by atoms with Crippen LogP contribution in [-0.4, -0.2) is 44.7 Å². The molecule has 4 nitrogen and oxygen atoms in total. The summed E-state index contributed by atoms with van der Waals surface area (Å²) in [5, 5.41) is 0. The van der Waals surface area contributed by atoms with E-state index in [4.69, 9.17) is 9.47 Å². The molecule has 1 aromatic rings. The number of carbonyl (C=O) groups is 1. The van der Waals surface area contributed by atoms with Crippen LogP contribution in [-0.2, 0) is 20.9 Å². The van der Waals surface area contributed by atoms with Crippen molar-refractivity contribution in [3.63, 3.8) is 0 Å². The van der Waals surface area contributed by atoms with Crippen molar-refractivity contribution >= 4 is 5.97 Å². The van der Waals surface area contributed by atoms with Crippen molar-refractivity contribution in [1.29, 1.82) is 0 Å². The van der Waals surface area contributed by atoms with Gasteiger partial charge in [-0.2, -0.15) is 0 Å². The monoisotopic (exact) mass is 237 g/mol. The van der Waals surface area contributed by atoms with E-state index in [0.29, 0.717) is 13.2 Å². The Morgan fingerprint density at radius 3 is 2.47 bits per heavy atom. The van der Waals surface area contributed by atoms with E-state index in [0.717, 1.165) is 5.56 Å². The van der Waals surface area contributed by atoms with Crippen LogP contribution in [0.5, 0.6) is 0 Å². The van der Waals surface area contributed by atoms with Gasteiger partial charge in [-0.3, -0.25) is 9.69 Å². The van der Waals surface area contributed by atoms with Gasteiger partial charge in [-0.15, -0.1) is 0 Å². The molecule has 94 valence electrons. The summed E-state index contributed by atoms with van der Waals surface area (Å²) < 4.78 is 10.2. The SMILES string of the molecule is COC(=O)[C@H](COCc1ccccc1)N(C)C. The number of esters is 1. The highest BCUT2D eigenvalue weighted by Gasteiger charge is 2.21. The molecule has 0 saturated heterocycles. The first-order chi connectivity index (χ1) is 8.15. The van der Waals surface area contributed by atoms with Gasteiger partial charge in [0.05, 0.1) is 20.3 Å². The molecule has 0 bridgehead atoms. The van der Waals surface area contributed by atoms with E-state index >= 15 is 0 Å². The van der Waals surface area contributed by atoms with Gasteiger partial charge in [0.15, 0.2) is 0 Å². The number of hydrogen-bond acceptors (Lipinski definition) is 4. The van der Waals surface area contributed by atoms with Gasteiger partial charge in [-0.05, 0) is 19.7 Å². The first kappa shape index (κ1) is 13.7. The predicted molar refractivity (Wildman–Crippen MR) is 65.6 cm³/mol. The minimum absolute atomic E-state index is 0.275. The van der Waals surface area contributed by atoms with Crippen molar-refractivity contribution in [1.82, 2.24) is 4.90 Å². The van der Waals surface area contributed by atoms with Crippen LogP contribution in [0.15, 0.2) is 30.3 Å². The summed E-state index contributed by atoms with van der Waals surface area (Å²) in [6, 6.07) is 9.50. The number of ether oxygens (including phenoxy) is 2. The van der Waals surface area contributed by atoms with Crippen molar-refractivity contribution in [3.8, 4) is 0 Å². The van der Waals surface area contributed by atoms with E-state index < -0.39 is 0 Å². The summed E-state index contributed by atoms with van der Waals surface area (Å²) >= 11 is 0. The summed E-state index contributed by atoms with van der Waals surface area (Å²) in [4.78, 5) is 13.2. The van der Waals surface area contributed by atoms with Crippen molar-refractivity contribution < 1.29 is 14.3 Å². The highest BCUT2D eigenvalue weighted by atomic mass is 16.5. The Balaban J connectivity index is 2.40. The van der Waals surface area contributed by atoms with Crippen LogP contribution < -0.4 is 0 Å². The molecule has 0 aliphatic carbocycles. The Bertz CT molecular complexity index is 338. The van der Waals surface area contributed by atoms with E-state index in [1.54, 1.807) is 4.90 Å². The molecule has 0 saturated carbocycles. The molecule has 1 atom stereocenters. The summed E-state index contributed by atoms with van der Waals surface area (Å²) in [5.74, 6) is -0.275. The Kier molecular flexibility index (Phi) is 5.66. The van der Waals surface area contributed by atoms with Crippen molar-refractivity contribution in [3.05, 3.63) is 35.9 Å². The first-order valence-corrected chi connectivity index (χ1v) is 5.51. The Labute approximate surface area is 102 Å². The van der Waals surface area contributed by atoms with Gasteiger partial charge in [0.1, 0.15) is 6.04 Å². The fourth-order valence-corrected chi connectivity index (χ4v) is 1.43. The number of hydrogen-bond donors (Lipinski definition) is 0. The second-order valence-electron chi connectivity index (χ2n) is 4.00. The molecule has 0 N–H and O–H groups in total. The lowest BCUT2D eigenvalue weighted by molar-refractivity contribution is -0.148. The maximum absolute atomic E-state index is 11.5. The maximum Gasteiger partial charge on any atom is 0.325 e. The lowest BCUT2D eigenvalue weighted by Gasteiger charge is -2.21. The zero-order valence-electron chi connectivity index (χ0n) is 10.6. The topological polar surface area (TPSA) is 38.8 Å². The van der Waals surface area contributed by atoms with Gasteiger partial charge in [-0.1, -0.05) is 30.3 Å². The van der Waals surface area contributed by atoms with Gasteiger partial charge in [-0.25, -0.2) is 0 Å². The van der Waals surface area contributed by atoms with Crippen LogP contribution in [0, 0.1) is 0 Å². The van der Waals surface area contributed by atoms with Crippen LogP contribution >= 0.6 is 0 Å². The number of benzene rings is 1. The summed E-state index contributed by atoms with van der Waals surface area (Å²) in [6.45, 7) is 0.830. The van der Waals surface area contributed by atoms with Crippen molar-refractivity contribution in [2.24, 2.45) is 0 Å². The molecule has 0 radical (unpaired) electrons. The molecule has 0 aromatic heterocycles. The van der Waals surface area contributed by atoms with E-state index in [9.17, 15) is 4.79 Å². The number of carbonyl (C=O) groups excluding carboxylic acids is 1. The van der Waals surface area contributed by atoms with Gasteiger partial charge in [0.2, 0.25) is 0 Å². The zero-order valence-corrected chi connectivity index (χ0v) is 10.6. The fraction of sp³-hybridized carbons (Fsp3) is 0.462. The molecular formula is C13H19NO3. The fourth-order valence-electron chi connectivity index (χ4n) is 1.43. The third-order valence-corrected chi connectivity index (χ3v) is 2.48. The second kappa shape index (κ2) is 7.04. The van der Waals surface area contributed by atoms with Gasteiger partial charge in [0.25, 0.3) is 0 Å². The summed E-state index contributed by atoms with van der Waals surface area (Å²) in [5.41, 5.74) is 1.09. The minimum atomic E-state index is -0.358. The van der Waals surface area contributed by atoms with Crippen molar-refractivity contribution in [2.45, 2.75) is 12.6 Å². The predicted octanol–water partition coefficient (Wildman–Crippen LogP) is 1.31. The van der Waals surface area contributed by atoms with E-state index in [1.807, 2.05) is 44.4 Å². The normalized spacial score (nSPS) is 12.5. The first-order valence-electron chi connectivity index (χ1n) is 5.51. The molecule has 17 heavy (non-hydrogen) atoms. The van der Waals surface area contributed by atoms with Crippen LogP contribution in [0.25, 0.3) is 0 Å². The molecule has 0 aliphatic rings. The average molecular weight is 237 g/mol. The zero-order chi connectivity index (χ0) is 12.7. The van der Waals surface area contributed by atoms with E-state index in [1.165, 1.54) is 7.11 Å². The minimum Gasteiger partial charge on any atom is -0.468 e. The second-order valence-corrected chi connectivity index (χ2v) is 4.00. The molecule has 0 spiro atoms. The molecule has 0 heterocycles. The van der Waals surface area contributed by atoms with Crippen LogP contribution in [0.2, 0.25) is 0 Å². The highest BCUT2D eigenvalue weighted by molar-refractivity contribution is 5.75. The lowest BCUT2D eigenvalue weighted by Crippen LogP contribution is -2.40. The maximum atomic E-state index is 11.5. The summed E-state index contributed by atoms with van der Waals surface area (Å²) in [7, 11) is 5.04. The largest absolute Gasteiger partial charge is 0.468 e. The number of nitrogens with zero attached hydrogens (tertiary/aromatic N) is 1. The average Bonchev–Trinajstić information content (AvgIpc) is 2.34. The molecule has 1 rings (SSSR count). The molecule has 1 aromatic carbocycles. The molecule has 4 heteroatoms. The van der Waals surface area contributed by atoms with Gasteiger partial charge >= 0.3 is 5.97 Å². The van der Waals surface area contributed by atoms with Crippen LogP contribution in [0.4, 0.5) is 0 Å². The number of likely N-dealkylation sites (N-methyl/N-ethyl adjacent to an activating group) is 1. The number of methoxy groups -OCH3 is 1. The highest BCUT2D eigenvalue weighted by Crippen LogP contribution is 2.03. The Morgan fingerprint density at radius 2 is 1.94 bits per heavy atom. The number of rotatable bonds is 6. The van der Waals surface area contributed by atoms with E-state index in [-0.39, 0.29) is 12.0 Å². The van der Waals surface area contributed by atoms with Gasteiger partial charge in [0, 0.05) is 0 Å². The molecular weight excluding hydrogens is 218 g/mol. The molecule has 0 unspecified atom stereocenters. The molecule has 0 fully saturated rings. The Hall–Kier alpha value is -1.39. The summed E-state index contributed by atoms with van der Waals surface area (Å²) in [6.07, 6.45) is 0. The third-order valence-electron chi connectivity index (χ3n) is 2.48. The van der Waals surface area contributed by atoms with E-state index in [2.05, 4.69) is 0 Å². The standard InChI is InChI=1S/C13H19NO3/c1-14(2)12(13(15)16-3)10-17-9-11-7-5-4-6-8-11/h4-8,12H,9-10H2,1-3H3/t12-/m0/s1. The smallest absolute Gasteiger partial charge is 0.325 e. The molecule has 0 aliphatic heterocycles. The quantitative estimate of drug-likeness (QED) is 0.699. The Morgan fingerprint density at radius 1 is 1.29 bits per heavy atom.